The molecule has 29 nitrogen and oxygen atoms in total. The Hall–Kier alpha value is -11.6. The molecule has 6 fully saturated rings. The molecule has 9 aliphatic heterocycles. The number of benzene rings is 4. The zero-order chi connectivity index (χ0) is 85.9. The van der Waals surface area contributed by atoms with Crippen LogP contribution in [0.5, 0.6) is 18.0 Å². The van der Waals surface area contributed by atoms with Crippen LogP contribution in [-0.4, -0.2) is 275 Å². The topological polar surface area (TPSA) is 253 Å². The van der Waals surface area contributed by atoms with Crippen molar-refractivity contribution in [3.63, 3.8) is 0 Å². The predicted octanol–water partition coefficient (Wildman–Crippen LogP) is 10.6. The number of amides is 3. The molecule has 0 N–H and O–H groups in total. The number of aromatic nitrogens is 8. The van der Waals surface area contributed by atoms with Gasteiger partial charge in [0.25, 0.3) is 0 Å². The summed E-state index contributed by atoms with van der Waals surface area (Å²) in [4.78, 5) is 109. The number of hydrogen-bond donors (Lipinski definition) is 0. The second-order valence-corrected chi connectivity index (χ2v) is 33.5. The fourth-order valence-corrected chi connectivity index (χ4v) is 19.3. The zero-order valence-corrected chi connectivity index (χ0v) is 75.7. The van der Waals surface area contributed by atoms with E-state index in [4.69, 9.17) is 57.3 Å². The van der Waals surface area contributed by atoms with Crippen LogP contribution in [0, 0.1) is 30.3 Å². The van der Waals surface area contributed by atoms with Crippen LogP contribution in [0.15, 0.2) is 148 Å². The molecule has 9 aliphatic rings. The molecule has 666 valence electrons. The number of fused-ring (bicyclic) bond motifs is 6. The third-order valence-electron chi connectivity index (χ3n) is 26.1. The normalized spacial score (nSPS) is 20.5. The van der Waals surface area contributed by atoms with E-state index in [1.165, 1.54) is 53.6 Å². The Bertz CT molecular complexity index is 5370. The van der Waals surface area contributed by atoms with Gasteiger partial charge in [0.2, 0.25) is 30.8 Å². The SMILES string of the molecule is C=CC(=O)N1CCN(c2nc(OC[C@@H]3CCCN3C)nc3c2CCN(c2cccc4cc(F)ccc24)C3)CC1CC#N.S.S.S.[C-]#[N+]CC1CN(c2nc(OC[C@@H]3CCCN3C)nc3c2CCN(c2cccc4cnccc24)C3)CCN1C(=O)C=C.[C-]#[N+]CC1CN(c2nc(OC[C@@H]3CCCN3C)nc3c2CCN(c2cncc4ccccc24)C3)CCN1C(=O)C=C. The number of likely N-dealkylation sites (tertiary alicyclic amines) is 3. The molecule has 3 unspecified atom stereocenters. The van der Waals surface area contributed by atoms with E-state index in [9.17, 15) is 24.0 Å². The Morgan fingerprint density at radius 3 is 1.28 bits per heavy atom. The molecule has 33 heteroatoms. The van der Waals surface area contributed by atoms with Crippen molar-refractivity contribution in [1.82, 2.24) is 69.3 Å². The first-order valence-corrected chi connectivity index (χ1v) is 43.4. The number of hydrogen-bond acceptors (Lipinski definition) is 24. The van der Waals surface area contributed by atoms with Crippen LogP contribution in [-0.2, 0) is 53.3 Å². The standard InChI is InChI=1S/C32H36FN7O2.2C31H36N8O2.3H2S/c1-3-30(41)40-17-16-39(19-24(40)11-13-34)31-27-12-15-38(29-8-4-6-22-18-23(33)9-10-26(22)29)20-28(27)35-32(36-31)42-21-25-7-5-14-37(25)2;1-4-29(40)39-16-15-38(19-24(39)18-32-2)30-26-11-14-37(28-9-5-7-22-17-33-12-10-25(22)28)20-27(26)34-31(35-30)41-21-23-8-6-13-36(23)3;1-4-29(40)39-15-14-38(19-24(39)17-32-2)30-26-11-13-37(28-18-33-16-22-8-5-6-10-25(22)28)20-27(26)34-31(35-30)41-21-23-9-7-12-36(23)3;;;/h3-4,6,8-10,18,24-25H,1,5,7,11-12,14-17,19-21H2,2H3;4-5,7,9-10,12,17,23-24H,1,6,8,11,13-16,18-21H2,3H3;4-6,8,10,16,18,23-24H,1,7,9,11-15,17,19-21H2,3H3;3*1H2/t24?,25-;2*23-,24?;;;/m000.../s1. The van der Waals surface area contributed by atoms with Crippen molar-refractivity contribution in [1.29, 1.82) is 5.26 Å². The van der Waals surface area contributed by atoms with Gasteiger partial charge in [-0.2, -0.15) is 75.7 Å². The lowest BCUT2D eigenvalue weighted by atomic mass is 10.0. The Morgan fingerprint density at radius 2 is 0.850 bits per heavy atom. The summed E-state index contributed by atoms with van der Waals surface area (Å²) < 4.78 is 32.8. The molecule has 5 aromatic heterocycles. The maximum atomic E-state index is 14.0. The van der Waals surface area contributed by atoms with Gasteiger partial charge in [-0.3, -0.25) is 24.4 Å². The zero-order valence-electron chi connectivity index (χ0n) is 72.7. The Balaban J connectivity index is 0.000000161. The van der Waals surface area contributed by atoms with Crippen molar-refractivity contribution in [2.75, 3.05) is 182 Å². The maximum absolute atomic E-state index is 14.0. The van der Waals surface area contributed by atoms with E-state index in [1.807, 2.05) is 49.1 Å². The summed E-state index contributed by atoms with van der Waals surface area (Å²) in [6.07, 6.45) is 20.9. The fourth-order valence-electron chi connectivity index (χ4n) is 19.3. The number of rotatable bonds is 21. The number of nitriles is 1. The molecule has 0 saturated carbocycles. The number of likely N-dealkylation sites (N-methyl/N-ethyl adjacent to an activating group) is 3. The third-order valence-corrected chi connectivity index (χ3v) is 26.1. The first kappa shape index (κ1) is 93.0. The van der Waals surface area contributed by atoms with Crippen molar-refractivity contribution in [3.05, 3.63) is 210 Å². The minimum Gasteiger partial charge on any atom is -0.462 e. The van der Waals surface area contributed by atoms with Crippen LogP contribution in [0.4, 0.5) is 38.9 Å². The van der Waals surface area contributed by atoms with E-state index in [1.54, 1.807) is 20.8 Å². The summed E-state index contributed by atoms with van der Waals surface area (Å²) >= 11 is 0. The molecule has 0 spiro atoms. The van der Waals surface area contributed by atoms with Crippen molar-refractivity contribution in [3.8, 4) is 24.1 Å². The van der Waals surface area contributed by atoms with Gasteiger partial charge in [0, 0.05) is 170 Å². The molecule has 14 heterocycles. The van der Waals surface area contributed by atoms with Gasteiger partial charge in [-0.05, 0) is 159 Å². The van der Waals surface area contributed by atoms with Crippen LogP contribution >= 0.6 is 40.5 Å². The lowest BCUT2D eigenvalue weighted by Crippen LogP contribution is -2.56. The number of nitrogens with zero attached hydrogens (tertiary/aromatic N) is 23. The van der Waals surface area contributed by atoms with Gasteiger partial charge >= 0.3 is 18.0 Å². The smallest absolute Gasteiger partial charge is 0.318 e. The third kappa shape index (κ3) is 20.8. The summed E-state index contributed by atoms with van der Waals surface area (Å²) in [7, 11) is 6.39. The number of ether oxygens (including phenoxy) is 3. The number of anilines is 6. The van der Waals surface area contributed by atoms with Gasteiger partial charge in [0.05, 0.1) is 67.1 Å². The van der Waals surface area contributed by atoms with Crippen LogP contribution < -0.4 is 43.6 Å². The molecule has 6 atom stereocenters. The highest BCUT2D eigenvalue weighted by atomic mass is 32.1. The average Bonchev–Trinajstić information content (AvgIpc) is 1.57. The van der Waals surface area contributed by atoms with Crippen molar-refractivity contribution in [2.24, 2.45) is 0 Å². The number of halogens is 1. The van der Waals surface area contributed by atoms with E-state index in [0.29, 0.717) is 135 Å². The first-order valence-electron chi connectivity index (χ1n) is 43.4. The Morgan fingerprint density at radius 1 is 0.457 bits per heavy atom. The molecule has 3 amide bonds. The molecule has 4 aromatic carbocycles. The molecule has 18 rings (SSSR count). The largest absolute Gasteiger partial charge is 0.462 e. The lowest BCUT2D eigenvalue weighted by molar-refractivity contribution is -0.129. The molecule has 6 saturated heterocycles. The van der Waals surface area contributed by atoms with Crippen molar-refractivity contribution >= 4 is 125 Å². The highest BCUT2D eigenvalue weighted by molar-refractivity contribution is 7.59. The van der Waals surface area contributed by atoms with Gasteiger partial charge < -0.3 is 82.7 Å². The summed E-state index contributed by atoms with van der Waals surface area (Å²) in [5, 5.41) is 15.9. The maximum Gasteiger partial charge on any atom is 0.318 e. The minimum absolute atomic E-state index is 0. The number of piperazine rings is 3. The average molecular weight is 1780 g/mol. The number of carbonyl (C=O) groups is 3. The van der Waals surface area contributed by atoms with E-state index < -0.39 is 0 Å². The summed E-state index contributed by atoms with van der Waals surface area (Å²) in [6.45, 7) is 40.4. The quantitative estimate of drug-likeness (QED) is 0.0479. The van der Waals surface area contributed by atoms with Gasteiger partial charge in [-0.25, -0.2) is 17.5 Å². The molecule has 0 radical (unpaired) electrons. The lowest BCUT2D eigenvalue weighted by Gasteiger charge is -2.42. The Labute approximate surface area is 763 Å². The van der Waals surface area contributed by atoms with Gasteiger partial charge in [-0.1, -0.05) is 68.3 Å². The monoisotopic (exact) mass is 1780 g/mol. The number of pyridine rings is 2. The second-order valence-electron chi connectivity index (χ2n) is 33.5. The van der Waals surface area contributed by atoms with Gasteiger partial charge in [0.1, 0.15) is 55.2 Å². The first-order chi connectivity index (χ1) is 60.5. The minimum atomic E-state index is -0.257. The fraction of sp³-hybridized carbons (Fsp3) is 0.447. The van der Waals surface area contributed by atoms with Gasteiger partial charge in [-0.15, -0.1) is 0 Å². The summed E-state index contributed by atoms with van der Waals surface area (Å²) in [5.41, 5.74) is 9.44. The van der Waals surface area contributed by atoms with Crippen LogP contribution in [0.2, 0.25) is 0 Å². The molecular weight excluding hydrogens is 1660 g/mol. The van der Waals surface area contributed by atoms with Crippen LogP contribution in [0.3, 0.4) is 0 Å². The molecular formula is C94H114FN23O6S3. The number of carbonyl (C=O) groups excluding carboxylic acids is 3. The van der Waals surface area contributed by atoms with Crippen LogP contribution in [0.25, 0.3) is 42.0 Å². The highest BCUT2D eigenvalue weighted by Crippen LogP contribution is 2.40. The molecule has 127 heavy (non-hydrogen) atoms. The van der Waals surface area contributed by atoms with E-state index in [2.05, 4.69) is 159 Å². The van der Waals surface area contributed by atoms with Crippen molar-refractivity contribution < 1.29 is 33.0 Å². The molecule has 0 bridgehead atoms. The van der Waals surface area contributed by atoms with Crippen LogP contribution in [0.1, 0.15) is 78.7 Å². The van der Waals surface area contributed by atoms with E-state index in [-0.39, 0.29) is 102 Å². The molecule has 9 aromatic rings. The van der Waals surface area contributed by atoms with E-state index >= 15 is 0 Å². The highest BCUT2D eigenvalue weighted by Gasteiger charge is 2.40. The Kier molecular flexibility index (Phi) is 31.3. The second kappa shape index (κ2) is 42.8. The summed E-state index contributed by atoms with van der Waals surface area (Å²) in [5.74, 6) is 1.88. The van der Waals surface area contributed by atoms with Crippen molar-refractivity contribution in [2.45, 2.75) is 120 Å². The van der Waals surface area contributed by atoms with E-state index in [0.717, 1.165) is 168 Å². The molecule has 0 aliphatic carbocycles. The predicted molar refractivity (Wildman–Crippen MR) is 509 cm³/mol. The summed E-state index contributed by atoms with van der Waals surface area (Å²) in [6, 6.07) is 31.3. The van der Waals surface area contributed by atoms with Gasteiger partial charge in [0.15, 0.2) is 0 Å².